The highest BCUT2D eigenvalue weighted by Gasteiger charge is 2.24. The highest BCUT2D eigenvalue weighted by Crippen LogP contribution is 2.28. The standard InChI is InChI=1S/C24H29N3O5/c1-31-20-9-8-19(14-21(20)32-2)24(30)27-12-10-17(11-13-27)15-25-22(28)16-26-23(29)18-6-4-3-5-7-18/h3-9,14,17H,10-13,15-16H2,1-2H3,(H,25,28)(H,26,29). The summed E-state index contributed by atoms with van der Waals surface area (Å²) in [5, 5.41) is 5.50. The quantitative estimate of drug-likeness (QED) is 0.657. The zero-order chi connectivity index (χ0) is 22.9. The van der Waals surface area contributed by atoms with Crippen LogP contribution in [0.15, 0.2) is 48.5 Å². The Morgan fingerprint density at radius 3 is 2.25 bits per heavy atom. The molecule has 3 amide bonds. The molecule has 2 aromatic rings. The molecule has 0 spiro atoms. The van der Waals surface area contributed by atoms with Crippen molar-refractivity contribution in [2.24, 2.45) is 5.92 Å². The minimum Gasteiger partial charge on any atom is -0.493 e. The number of rotatable bonds is 8. The van der Waals surface area contributed by atoms with Crippen LogP contribution >= 0.6 is 0 Å². The first-order chi connectivity index (χ1) is 15.5. The Bertz CT molecular complexity index is 940. The lowest BCUT2D eigenvalue weighted by atomic mass is 9.96. The van der Waals surface area contributed by atoms with Crippen molar-refractivity contribution in [1.29, 1.82) is 0 Å². The van der Waals surface area contributed by atoms with Crippen molar-refractivity contribution in [2.45, 2.75) is 12.8 Å². The van der Waals surface area contributed by atoms with E-state index in [-0.39, 0.29) is 24.3 Å². The largest absolute Gasteiger partial charge is 0.493 e. The second kappa shape index (κ2) is 11.2. The van der Waals surface area contributed by atoms with Crippen LogP contribution in [-0.2, 0) is 4.79 Å². The first-order valence-electron chi connectivity index (χ1n) is 10.6. The van der Waals surface area contributed by atoms with E-state index in [9.17, 15) is 14.4 Å². The molecule has 2 N–H and O–H groups in total. The molecule has 8 nitrogen and oxygen atoms in total. The van der Waals surface area contributed by atoms with Gasteiger partial charge in [-0.05, 0) is 49.1 Å². The van der Waals surface area contributed by atoms with Gasteiger partial charge in [-0.25, -0.2) is 0 Å². The van der Waals surface area contributed by atoms with E-state index >= 15 is 0 Å². The van der Waals surface area contributed by atoms with Gasteiger partial charge in [-0.3, -0.25) is 14.4 Å². The number of methoxy groups -OCH3 is 2. The van der Waals surface area contributed by atoms with Gasteiger partial charge in [0.1, 0.15) is 0 Å². The van der Waals surface area contributed by atoms with Crippen LogP contribution in [0.3, 0.4) is 0 Å². The highest BCUT2D eigenvalue weighted by molar-refractivity contribution is 5.96. The third-order valence-corrected chi connectivity index (χ3v) is 5.57. The number of hydrogen-bond acceptors (Lipinski definition) is 5. The van der Waals surface area contributed by atoms with Crippen LogP contribution in [0.5, 0.6) is 11.5 Å². The average Bonchev–Trinajstić information content (AvgIpc) is 2.85. The normalized spacial score (nSPS) is 13.9. The molecule has 0 atom stereocenters. The van der Waals surface area contributed by atoms with Crippen molar-refractivity contribution in [3.05, 3.63) is 59.7 Å². The van der Waals surface area contributed by atoms with Crippen molar-refractivity contribution in [3.63, 3.8) is 0 Å². The third-order valence-electron chi connectivity index (χ3n) is 5.57. The molecular formula is C24H29N3O5. The Kier molecular flexibility index (Phi) is 8.08. The number of nitrogens with zero attached hydrogens (tertiary/aromatic N) is 1. The first-order valence-corrected chi connectivity index (χ1v) is 10.6. The number of piperidine rings is 1. The zero-order valence-electron chi connectivity index (χ0n) is 18.4. The van der Waals surface area contributed by atoms with Crippen molar-refractivity contribution in [2.75, 3.05) is 40.4 Å². The van der Waals surface area contributed by atoms with Crippen LogP contribution < -0.4 is 20.1 Å². The molecule has 0 aliphatic carbocycles. The third kappa shape index (κ3) is 6.00. The summed E-state index contributed by atoms with van der Waals surface area (Å²) in [5.74, 6) is 0.852. The Labute approximate surface area is 187 Å². The van der Waals surface area contributed by atoms with E-state index in [2.05, 4.69) is 10.6 Å². The first kappa shape index (κ1) is 23.1. The molecule has 170 valence electrons. The fourth-order valence-corrected chi connectivity index (χ4v) is 3.66. The van der Waals surface area contributed by atoms with Gasteiger partial charge in [-0.1, -0.05) is 18.2 Å². The van der Waals surface area contributed by atoms with E-state index < -0.39 is 0 Å². The van der Waals surface area contributed by atoms with E-state index in [0.717, 1.165) is 12.8 Å². The van der Waals surface area contributed by atoms with Crippen molar-refractivity contribution in [3.8, 4) is 11.5 Å². The molecule has 0 saturated carbocycles. The fourth-order valence-electron chi connectivity index (χ4n) is 3.66. The summed E-state index contributed by atoms with van der Waals surface area (Å²) in [6.07, 6.45) is 1.60. The SMILES string of the molecule is COc1ccc(C(=O)N2CCC(CNC(=O)CNC(=O)c3ccccc3)CC2)cc1OC. The molecule has 1 heterocycles. The number of likely N-dealkylation sites (tertiary alicyclic amines) is 1. The summed E-state index contributed by atoms with van der Waals surface area (Å²) in [6.45, 7) is 1.71. The van der Waals surface area contributed by atoms with Crippen LogP contribution in [0.1, 0.15) is 33.6 Å². The maximum Gasteiger partial charge on any atom is 0.253 e. The lowest BCUT2D eigenvalue weighted by Crippen LogP contribution is -2.43. The second-order valence-electron chi connectivity index (χ2n) is 7.66. The fraction of sp³-hybridized carbons (Fsp3) is 0.375. The van der Waals surface area contributed by atoms with E-state index in [1.54, 1.807) is 56.7 Å². The molecule has 2 aromatic carbocycles. The Hall–Kier alpha value is -3.55. The molecule has 1 fully saturated rings. The predicted molar refractivity (Wildman–Crippen MR) is 120 cm³/mol. The molecule has 1 aliphatic heterocycles. The second-order valence-corrected chi connectivity index (χ2v) is 7.66. The monoisotopic (exact) mass is 439 g/mol. The maximum absolute atomic E-state index is 12.8. The van der Waals surface area contributed by atoms with Crippen LogP contribution in [0.25, 0.3) is 0 Å². The van der Waals surface area contributed by atoms with Crippen LogP contribution in [0.4, 0.5) is 0 Å². The Morgan fingerprint density at radius 2 is 1.59 bits per heavy atom. The summed E-state index contributed by atoms with van der Waals surface area (Å²) >= 11 is 0. The number of carbonyl (C=O) groups is 3. The van der Waals surface area contributed by atoms with Crippen LogP contribution in [-0.4, -0.2) is 63.0 Å². The van der Waals surface area contributed by atoms with Gasteiger partial charge in [0.05, 0.1) is 20.8 Å². The summed E-state index contributed by atoms with van der Waals surface area (Å²) in [7, 11) is 3.10. The highest BCUT2D eigenvalue weighted by atomic mass is 16.5. The number of ether oxygens (including phenoxy) is 2. The van der Waals surface area contributed by atoms with Gasteiger partial charge in [0, 0.05) is 30.8 Å². The molecule has 1 aliphatic rings. The van der Waals surface area contributed by atoms with Gasteiger partial charge in [0.25, 0.3) is 11.8 Å². The van der Waals surface area contributed by atoms with Gasteiger partial charge in [0.2, 0.25) is 5.91 Å². The van der Waals surface area contributed by atoms with Gasteiger partial charge in [-0.15, -0.1) is 0 Å². The zero-order valence-corrected chi connectivity index (χ0v) is 18.4. The Morgan fingerprint density at radius 1 is 0.906 bits per heavy atom. The number of carbonyl (C=O) groups excluding carboxylic acids is 3. The van der Waals surface area contributed by atoms with Crippen molar-refractivity contribution >= 4 is 17.7 Å². The molecule has 1 saturated heterocycles. The van der Waals surface area contributed by atoms with Gasteiger partial charge >= 0.3 is 0 Å². The smallest absolute Gasteiger partial charge is 0.253 e. The predicted octanol–water partition coefficient (Wildman–Crippen LogP) is 2.10. The number of benzene rings is 2. The molecule has 0 unspecified atom stereocenters. The Balaban J connectivity index is 1.40. The summed E-state index contributed by atoms with van der Waals surface area (Å²) < 4.78 is 10.5. The van der Waals surface area contributed by atoms with E-state index in [1.165, 1.54) is 0 Å². The molecular weight excluding hydrogens is 410 g/mol. The minimum absolute atomic E-state index is 0.0444. The number of amides is 3. The average molecular weight is 440 g/mol. The van der Waals surface area contributed by atoms with E-state index in [1.807, 2.05) is 11.0 Å². The molecule has 0 bridgehead atoms. The van der Waals surface area contributed by atoms with Crippen LogP contribution in [0, 0.1) is 5.92 Å². The molecule has 8 heteroatoms. The lowest BCUT2D eigenvalue weighted by Gasteiger charge is -2.32. The topological polar surface area (TPSA) is 97.0 Å². The molecule has 0 radical (unpaired) electrons. The number of hydrogen-bond donors (Lipinski definition) is 2. The van der Waals surface area contributed by atoms with Crippen molar-refractivity contribution < 1.29 is 23.9 Å². The van der Waals surface area contributed by atoms with Crippen molar-refractivity contribution in [1.82, 2.24) is 15.5 Å². The van der Waals surface area contributed by atoms with E-state index in [4.69, 9.17) is 9.47 Å². The maximum atomic E-state index is 12.8. The summed E-state index contributed by atoms with van der Waals surface area (Å²) in [4.78, 5) is 38.7. The van der Waals surface area contributed by atoms with E-state index in [0.29, 0.717) is 48.2 Å². The number of nitrogens with one attached hydrogen (secondary N) is 2. The summed E-state index contributed by atoms with van der Waals surface area (Å²) in [5.41, 5.74) is 1.08. The lowest BCUT2D eigenvalue weighted by molar-refractivity contribution is -0.120. The van der Waals surface area contributed by atoms with Crippen LogP contribution in [0.2, 0.25) is 0 Å². The van der Waals surface area contributed by atoms with Gasteiger partial charge in [0.15, 0.2) is 11.5 Å². The molecule has 32 heavy (non-hydrogen) atoms. The van der Waals surface area contributed by atoms with Gasteiger partial charge < -0.3 is 25.0 Å². The summed E-state index contributed by atoms with van der Waals surface area (Å²) in [6, 6.07) is 13.9. The minimum atomic E-state index is -0.275. The van der Waals surface area contributed by atoms with Gasteiger partial charge in [-0.2, -0.15) is 0 Å². The molecule has 0 aromatic heterocycles. The molecule has 3 rings (SSSR count).